The maximum atomic E-state index is 11.9. The van der Waals surface area contributed by atoms with Gasteiger partial charge in [-0.05, 0) is 55.8 Å². The summed E-state index contributed by atoms with van der Waals surface area (Å²) in [4.78, 5) is 34.9. The van der Waals surface area contributed by atoms with Crippen molar-refractivity contribution in [3.05, 3.63) is 59.7 Å². The molecule has 0 heterocycles. The Labute approximate surface area is 168 Å². The molecule has 0 aromatic heterocycles. The van der Waals surface area contributed by atoms with E-state index < -0.39 is 17.8 Å². The minimum absolute atomic E-state index is 0.165. The van der Waals surface area contributed by atoms with Crippen LogP contribution in [0, 0.1) is 6.92 Å². The van der Waals surface area contributed by atoms with E-state index in [4.69, 9.17) is 9.47 Å². The normalized spacial score (nSPS) is 10.4. The van der Waals surface area contributed by atoms with Crippen LogP contribution in [0.5, 0.6) is 5.75 Å². The van der Waals surface area contributed by atoms with Gasteiger partial charge in [0.25, 0.3) is 0 Å². The average molecular weight is 397 g/mol. The number of rotatable bonds is 9. The first-order valence-corrected chi connectivity index (χ1v) is 9.03. The molecule has 2 N–H and O–H groups in total. The molecule has 0 spiro atoms. The number of hydrogen-bond donors (Lipinski definition) is 2. The van der Waals surface area contributed by atoms with Crippen molar-refractivity contribution in [3.8, 4) is 5.75 Å². The van der Waals surface area contributed by atoms with Gasteiger partial charge in [-0.1, -0.05) is 17.7 Å². The van der Waals surface area contributed by atoms with Gasteiger partial charge in [0, 0.05) is 5.69 Å². The van der Waals surface area contributed by atoms with Crippen LogP contribution in [0.3, 0.4) is 0 Å². The van der Waals surface area contributed by atoms with Gasteiger partial charge in [0.1, 0.15) is 12.2 Å². The van der Waals surface area contributed by atoms with Crippen LogP contribution in [0.25, 0.3) is 0 Å². The van der Waals surface area contributed by atoms with Gasteiger partial charge in [0.05, 0.1) is 12.8 Å². The highest BCUT2D eigenvalue weighted by Crippen LogP contribution is 2.11. The summed E-state index contributed by atoms with van der Waals surface area (Å²) in [6.45, 7) is 3.81. The lowest BCUT2D eigenvalue weighted by Crippen LogP contribution is -2.24. The van der Waals surface area contributed by atoms with Crippen LogP contribution in [0.4, 0.5) is 5.69 Å². The quantitative estimate of drug-likeness (QED) is 0.293. The number of carbonyl (C=O) groups excluding carboxylic acids is 3. The number of hydrogen-bond acceptors (Lipinski definition) is 6. The van der Waals surface area contributed by atoms with E-state index >= 15 is 0 Å². The van der Waals surface area contributed by atoms with Gasteiger partial charge in [-0.15, -0.1) is 0 Å². The molecular weight excluding hydrogens is 374 g/mol. The van der Waals surface area contributed by atoms with Crippen LogP contribution in [-0.2, 0) is 19.1 Å². The van der Waals surface area contributed by atoms with E-state index in [0.717, 1.165) is 5.56 Å². The van der Waals surface area contributed by atoms with Gasteiger partial charge < -0.3 is 14.8 Å². The second-order valence-corrected chi connectivity index (χ2v) is 6.05. The minimum Gasteiger partial charge on any atom is -0.482 e. The molecule has 8 heteroatoms. The molecule has 2 rings (SSSR count). The molecule has 0 aliphatic carbocycles. The van der Waals surface area contributed by atoms with Gasteiger partial charge in [-0.3, -0.25) is 9.59 Å². The van der Waals surface area contributed by atoms with E-state index in [1.54, 1.807) is 43.3 Å². The third-order valence-electron chi connectivity index (χ3n) is 3.60. The number of hydrazone groups is 1. The molecule has 8 nitrogen and oxygen atoms in total. The summed E-state index contributed by atoms with van der Waals surface area (Å²) in [6, 6.07) is 14.0. The summed E-state index contributed by atoms with van der Waals surface area (Å²) in [5, 5.41) is 6.47. The first-order valence-electron chi connectivity index (χ1n) is 9.03. The highest BCUT2D eigenvalue weighted by Gasteiger charge is 2.09. The van der Waals surface area contributed by atoms with Crippen molar-refractivity contribution in [1.29, 1.82) is 0 Å². The average Bonchev–Trinajstić information content (AvgIpc) is 2.69. The standard InChI is InChI=1S/C21H23N3O5/c1-3-28-21(27)14-29-18-10-6-16(7-11-18)13-22-24-20(26)12-19(25)23-17-8-4-15(2)5-9-17/h4-11,13H,3,12,14H2,1-2H3,(H,23,25)(H,24,26). The zero-order chi connectivity index (χ0) is 21.1. The molecule has 0 fully saturated rings. The monoisotopic (exact) mass is 397 g/mol. The van der Waals surface area contributed by atoms with Crippen LogP contribution >= 0.6 is 0 Å². The molecule has 152 valence electrons. The molecule has 2 aromatic carbocycles. The second-order valence-electron chi connectivity index (χ2n) is 6.05. The third-order valence-corrected chi connectivity index (χ3v) is 3.60. The molecule has 0 saturated carbocycles. The predicted octanol–water partition coefficient (Wildman–Crippen LogP) is 2.42. The van der Waals surface area contributed by atoms with E-state index in [1.807, 2.05) is 19.1 Å². The fraction of sp³-hybridized carbons (Fsp3) is 0.238. The zero-order valence-electron chi connectivity index (χ0n) is 16.3. The van der Waals surface area contributed by atoms with Crippen LogP contribution in [-0.4, -0.2) is 37.2 Å². The number of nitrogens with zero attached hydrogens (tertiary/aromatic N) is 1. The fourth-order valence-corrected chi connectivity index (χ4v) is 2.20. The van der Waals surface area contributed by atoms with Crippen molar-refractivity contribution >= 4 is 29.7 Å². The first kappa shape index (κ1) is 21.6. The number of carbonyl (C=O) groups is 3. The van der Waals surface area contributed by atoms with Crippen LogP contribution in [0.2, 0.25) is 0 Å². The number of benzene rings is 2. The third kappa shape index (κ3) is 8.25. The molecule has 0 aliphatic rings. The summed E-state index contributed by atoms with van der Waals surface area (Å²) >= 11 is 0. The number of ether oxygens (including phenoxy) is 2. The lowest BCUT2D eigenvalue weighted by molar-refractivity contribution is -0.145. The number of aryl methyl sites for hydroxylation is 1. The van der Waals surface area contributed by atoms with Crippen molar-refractivity contribution in [2.75, 3.05) is 18.5 Å². The Bertz CT molecular complexity index is 861. The SMILES string of the molecule is CCOC(=O)COc1ccc(C=NNC(=O)CC(=O)Nc2ccc(C)cc2)cc1. The summed E-state index contributed by atoms with van der Waals surface area (Å²) < 4.78 is 10.1. The summed E-state index contributed by atoms with van der Waals surface area (Å²) in [5.41, 5.74) is 4.71. The Morgan fingerprint density at radius 2 is 1.69 bits per heavy atom. The molecule has 2 amide bonds. The molecule has 0 bridgehead atoms. The Morgan fingerprint density at radius 3 is 2.34 bits per heavy atom. The van der Waals surface area contributed by atoms with Crippen LogP contribution in [0.15, 0.2) is 53.6 Å². The maximum absolute atomic E-state index is 11.9. The molecular formula is C21H23N3O5. The molecule has 2 aromatic rings. The molecule has 0 unspecified atom stereocenters. The fourth-order valence-electron chi connectivity index (χ4n) is 2.20. The number of amides is 2. The summed E-state index contributed by atoms with van der Waals surface area (Å²) in [6.07, 6.45) is 1.09. The predicted molar refractivity (Wildman–Crippen MR) is 109 cm³/mol. The van der Waals surface area contributed by atoms with Crippen LogP contribution < -0.4 is 15.5 Å². The molecule has 29 heavy (non-hydrogen) atoms. The highest BCUT2D eigenvalue weighted by molar-refractivity contribution is 6.03. The van der Waals surface area contributed by atoms with E-state index in [-0.39, 0.29) is 13.0 Å². The van der Waals surface area contributed by atoms with E-state index in [1.165, 1.54) is 6.21 Å². The van der Waals surface area contributed by atoms with E-state index in [9.17, 15) is 14.4 Å². The van der Waals surface area contributed by atoms with Crippen molar-refractivity contribution in [2.24, 2.45) is 5.10 Å². The number of esters is 1. The Balaban J connectivity index is 1.74. The molecule has 0 radical (unpaired) electrons. The number of nitrogens with one attached hydrogen (secondary N) is 2. The molecule has 0 atom stereocenters. The summed E-state index contributed by atoms with van der Waals surface area (Å²) in [7, 11) is 0. The van der Waals surface area contributed by atoms with E-state index in [0.29, 0.717) is 23.6 Å². The minimum atomic E-state index is -0.528. The Hall–Kier alpha value is -3.68. The number of anilines is 1. The largest absolute Gasteiger partial charge is 0.482 e. The van der Waals surface area contributed by atoms with Gasteiger partial charge in [-0.2, -0.15) is 5.10 Å². The molecule has 0 aliphatic heterocycles. The topological polar surface area (TPSA) is 106 Å². The van der Waals surface area contributed by atoms with Gasteiger partial charge in [-0.25, -0.2) is 10.2 Å². The van der Waals surface area contributed by atoms with Crippen molar-refractivity contribution < 1.29 is 23.9 Å². The maximum Gasteiger partial charge on any atom is 0.344 e. The smallest absolute Gasteiger partial charge is 0.344 e. The van der Waals surface area contributed by atoms with Gasteiger partial charge in [0.2, 0.25) is 11.8 Å². The van der Waals surface area contributed by atoms with Gasteiger partial charge in [0.15, 0.2) is 6.61 Å². The Morgan fingerprint density at radius 1 is 1.00 bits per heavy atom. The van der Waals surface area contributed by atoms with Crippen molar-refractivity contribution in [3.63, 3.8) is 0 Å². The lowest BCUT2D eigenvalue weighted by atomic mass is 10.2. The van der Waals surface area contributed by atoms with Crippen molar-refractivity contribution in [2.45, 2.75) is 20.3 Å². The van der Waals surface area contributed by atoms with Crippen molar-refractivity contribution in [1.82, 2.24) is 5.43 Å². The highest BCUT2D eigenvalue weighted by atomic mass is 16.6. The first-order chi connectivity index (χ1) is 14.0. The van der Waals surface area contributed by atoms with Gasteiger partial charge >= 0.3 is 5.97 Å². The van der Waals surface area contributed by atoms with Crippen LogP contribution in [0.1, 0.15) is 24.5 Å². The molecule has 0 saturated heterocycles. The Kier molecular flexibility index (Phi) is 8.37. The zero-order valence-corrected chi connectivity index (χ0v) is 16.3. The van der Waals surface area contributed by atoms with E-state index in [2.05, 4.69) is 15.8 Å². The summed E-state index contributed by atoms with van der Waals surface area (Å²) in [5.74, 6) is -0.885. The lowest BCUT2D eigenvalue weighted by Gasteiger charge is -2.06. The second kappa shape index (κ2) is 11.2.